The van der Waals surface area contributed by atoms with Crippen LogP contribution in [0.1, 0.15) is 12.5 Å². The van der Waals surface area contributed by atoms with Crippen LogP contribution in [0.2, 0.25) is 0 Å². The molecule has 0 spiro atoms. The molecule has 2 N–H and O–H groups in total. The van der Waals surface area contributed by atoms with E-state index in [1.54, 1.807) is 12.1 Å². The number of carbonyl (C=O) groups excluding carboxylic acids is 1. The quantitative estimate of drug-likeness (QED) is 0.780. The number of halogens is 1. The van der Waals surface area contributed by atoms with Gasteiger partial charge in [0.25, 0.3) is 0 Å². The third-order valence-corrected chi connectivity index (χ3v) is 3.18. The van der Waals surface area contributed by atoms with Crippen molar-refractivity contribution in [3.8, 4) is 0 Å². The zero-order valence-electron chi connectivity index (χ0n) is 11.1. The van der Waals surface area contributed by atoms with Crippen LogP contribution >= 0.6 is 15.9 Å². The fourth-order valence-corrected chi connectivity index (χ4v) is 1.84. The molecule has 1 amide bonds. The van der Waals surface area contributed by atoms with Gasteiger partial charge in [-0.25, -0.2) is 9.59 Å². The molecule has 0 aliphatic carbocycles. The van der Waals surface area contributed by atoms with Crippen molar-refractivity contribution >= 4 is 28.0 Å². The second-order valence-electron chi connectivity index (χ2n) is 4.45. The lowest BCUT2D eigenvalue weighted by Crippen LogP contribution is -2.54. The number of aliphatic carboxylic acids is 1. The molecule has 0 heterocycles. The molecule has 0 aliphatic rings. The van der Waals surface area contributed by atoms with Gasteiger partial charge in [-0.2, -0.15) is 0 Å². The molecule has 108 valence electrons. The summed E-state index contributed by atoms with van der Waals surface area (Å²) in [4.78, 5) is 22.9. The Balaban J connectivity index is 2.80. The number of hydrogen-bond donors (Lipinski definition) is 2. The van der Waals surface area contributed by atoms with E-state index in [4.69, 9.17) is 4.74 Å². The van der Waals surface area contributed by atoms with Crippen LogP contribution in [0.15, 0.2) is 41.4 Å². The summed E-state index contributed by atoms with van der Waals surface area (Å²) < 4.78 is 5.65. The van der Waals surface area contributed by atoms with E-state index in [0.717, 1.165) is 10.0 Å². The maximum atomic E-state index is 11.5. The van der Waals surface area contributed by atoms with Crippen LogP contribution in [0.3, 0.4) is 0 Å². The number of benzene rings is 1. The normalized spacial score (nSPS) is 13.1. The standard InChI is InChI=1S/C14H16BrNO4/c1-3-8-20-13(19)16-14(2,12(17)18)9-10-4-6-11(15)7-5-10/h3-7H,1,8-9H2,2H3,(H,16,19)(H,17,18). The fourth-order valence-electron chi connectivity index (χ4n) is 1.58. The maximum Gasteiger partial charge on any atom is 0.408 e. The molecule has 0 saturated heterocycles. The van der Waals surface area contributed by atoms with E-state index in [-0.39, 0.29) is 13.0 Å². The largest absolute Gasteiger partial charge is 0.480 e. The van der Waals surface area contributed by atoms with E-state index in [1.807, 2.05) is 12.1 Å². The lowest BCUT2D eigenvalue weighted by atomic mass is 9.93. The Kier molecular flexibility index (Phi) is 5.76. The van der Waals surface area contributed by atoms with E-state index in [9.17, 15) is 14.7 Å². The Morgan fingerprint density at radius 3 is 2.55 bits per heavy atom. The molecule has 0 saturated carbocycles. The van der Waals surface area contributed by atoms with Gasteiger partial charge in [-0.3, -0.25) is 0 Å². The zero-order chi connectivity index (χ0) is 15.2. The minimum Gasteiger partial charge on any atom is -0.480 e. The summed E-state index contributed by atoms with van der Waals surface area (Å²) in [5.41, 5.74) is -0.645. The predicted molar refractivity (Wildman–Crippen MR) is 78.6 cm³/mol. The topological polar surface area (TPSA) is 75.6 Å². The molecule has 6 heteroatoms. The van der Waals surface area contributed by atoms with Gasteiger partial charge in [0, 0.05) is 10.9 Å². The molecule has 0 radical (unpaired) electrons. The van der Waals surface area contributed by atoms with Crippen LogP contribution in [0, 0.1) is 0 Å². The fraction of sp³-hybridized carbons (Fsp3) is 0.286. The first-order valence-corrected chi connectivity index (χ1v) is 6.70. The van der Waals surface area contributed by atoms with Gasteiger partial charge < -0.3 is 15.2 Å². The van der Waals surface area contributed by atoms with E-state index in [1.165, 1.54) is 13.0 Å². The van der Waals surface area contributed by atoms with Gasteiger partial charge in [0.1, 0.15) is 12.1 Å². The molecular formula is C14H16BrNO4. The Morgan fingerprint density at radius 2 is 2.05 bits per heavy atom. The predicted octanol–water partition coefficient (Wildman–Crippen LogP) is 2.75. The molecule has 0 aromatic heterocycles. The molecule has 5 nitrogen and oxygen atoms in total. The summed E-state index contributed by atoms with van der Waals surface area (Å²) in [5.74, 6) is -1.13. The first-order chi connectivity index (χ1) is 9.37. The van der Waals surface area contributed by atoms with Gasteiger partial charge in [0.15, 0.2) is 0 Å². The molecule has 20 heavy (non-hydrogen) atoms. The molecule has 1 unspecified atom stereocenters. The third-order valence-electron chi connectivity index (χ3n) is 2.65. The van der Waals surface area contributed by atoms with Crippen molar-refractivity contribution < 1.29 is 19.4 Å². The lowest BCUT2D eigenvalue weighted by molar-refractivity contribution is -0.143. The highest BCUT2D eigenvalue weighted by Gasteiger charge is 2.35. The van der Waals surface area contributed by atoms with Crippen LogP contribution in [0.5, 0.6) is 0 Å². The molecular weight excluding hydrogens is 326 g/mol. The van der Waals surface area contributed by atoms with Gasteiger partial charge in [-0.15, -0.1) is 0 Å². The van der Waals surface area contributed by atoms with Gasteiger partial charge in [0.2, 0.25) is 0 Å². The Labute approximate surface area is 125 Å². The van der Waals surface area contributed by atoms with Gasteiger partial charge in [-0.1, -0.05) is 40.7 Å². The number of rotatable bonds is 6. The van der Waals surface area contributed by atoms with Crippen LogP contribution in [-0.4, -0.2) is 29.3 Å². The van der Waals surface area contributed by atoms with Gasteiger partial charge in [-0.05, 0) is 24.6 Å². The summed E-state index contributed by atoms with van der Waals surface area (Å²) >= 11 is 3.31. The molecule has 0 fully saturated rings. The van der Waals surface area contributed by atoms with Crippen LogP contribution in [0.4, 0.5) is 4.79 Å². The number of nitrogens with one attached hydrogen (secondary N) is 1. The number of alkyl carbamates (subject to hydrolysis) is 1. The molecule has 1 rings (SSSR count). The number of carboxylic acids is 1. The van der Waals surface area contributed by atoms with E-state index in [0.29, 0.717) is 0 Å². The monoisotopic (exact) mass is 341 g/mol. The van der Waals surface area contributed by atoms with Crippen LogP contribution in [0.25, 0.3) is 0 Å². The number of carbonyl (C=O) groups is 2. The van der Waals surface area contributed by atoms with E-state index in [2.05, 4.69) is 27.8 Å². The van der Waals surface area contributed by atoms with Gasteiger partial charge in [0.05, 0.1) is 0 Å². The van der Waals surface area contributed by atoms with Crippen LogP contribution < -0.4 is 5.32 Å². The molecule has 1 aromatic rings. The number of carboxylic acid groups (broad SMARTS) is 1. The summed E-state index contributed by atoms with van der Waals surface area (Å²) in [6, 6.07) is 7.21. The van der Waals surface area contributed by atoms with Crippen molar-refractivity contribution in [3.05, 3.63) is 47.0 Å². The number of hydrogen-bond acceptors (Lipinski definition) is 3. The zero-order valence-corrected chi connectivity index (χ0v) is 12.6. The summed E-state index contributed by atoms with van der Waals surface area (Å²) in [7, 11) is 0. The molecule has 0 bridgehead atoms. The number of ether oxygens (including phenoxy) is 1. The van der Waals surface area contributed by atoms with Crippen molar-refractivity contribution in [1.29, 1.82) is 0 Å². The van der Waals surface area contributed by atoms with Crippen molar-refractivity contribution in [3.63, 3.8) is 0 Å². The van der Waals surface area contributed by atoms with Gasteiger partial charge >= 0.3 is 12.1 Å². The Bertz CT molecular complexity index is 500. The van der Waals surface area contributed by atoms with E-state index >= 15 is 0 Å². The smallest absolute Gasteiger partial charge is 0.408 e. The molecule has 1 atom stereocenters. The summed E-state index contributed by atoms with van der Waals surface area (Å²) in [6.07, 6.45) is 0.775. The summed E-state index contributed by atoms with van der Waals surface area (Å²) in [6.45, 7) is 4.88. The highest BCUT2D eigenvalue weighted by molar-refractivity contribution is 9.10. The summed E-state index contributed by atoms with van der Waals surface area (Å²) in [5, 5.41) is 11.7. The highest BCUT2D eigenvalue weighted by atomic mass is 79.9. The maximum absolute atomic E-state index is 11.5. The van der Waals surface area contributed by atoms with Crippen LogP contribution in [-0.2, 0) is 16.0 Å². The second-order valence-corrected chi connectivity index (χ2v) is 5.37. The first kappa shape index (κ1) is 16.2. The minimum atomic E-state index is -1.44. The Morgan fingerprint density at radius 1 is 1.45 bits per heavy atom. The second kappa shape index (κ2) is 7.09. The highest BCUT2D eigenvalue weighted by Crippen LogP contribution is 2.17. The van der Waals surface area contributed by atoms with Crippen molar-refractivity contribution in [1.82, 2.24) is 5.32 Å². The van der Waals surface area contributed by atoms with Crippen molar-refractivity contribution in [2.45, 2.75) is 18.9 Å². The average Bonchev–Trinajstić information content (AvgIpc) is 2.39. The van der Waals surface area contributed by atoms with Crippen molar-refractivity contribution in [2.75, 3.05) is 6.61 Å². The Hall–Kier alpha value is -1.82. The molecule has 0 aliphatic heterocycles. The first-order valence-electron chi connectivity index (χ1n) is 5.91. The molecule has 1 aromatic carbocycles. The number of amides is 1. The lowest BCUT2D eigenvalue weighted by Gasteiger charge is -2.25. The SMILES string of the molecule is C=CCOC(=O)NC(C)(Cc1ccc(Br)cc1)C(=O)O. The van der Waals surface area contributed by atoms with E-state index < -0.39 is 17.6 Å². The van der Waals surface area contributed by atoms with Crippen molar-refractivity contribution in [2.24, 2.45) is 0 Å². The minimum absolute atomic E-state index is 0.0276. The third kappa shape index (κ3) is 4.70. The average molecular weight is 342 g/mol.